The first-order valence-electron chi connectivity index (χ1n) is 9.25. The predicted molar refractivity (Wildman–Crippen MR) is 107 cm³/mol. The molecule has 0 aromatic heterocycles. The van der Waals surface area contributed by atoms with E-state index < -0.39 is 0 Å². The molecule has 2 aliphatic heterocycles. The molecule has 2 aromatic carbocycles. The zero-order chi connectivity index (χ0) is 18.8. The molecule has 0 atom stereocenters. The molecule has 0 spiro atoms. The average molecular weight is 405 g/mol. The summed E-state index contributed by atoms with van der Waals surface area (Å²) in [5.41, 5.74) is 2.16. The van der Waals surface area contributed by atoms with E-state index in [4.69, 9.17) is 27.9 Å². The maximum atomic E-state index is 12.1. The Morgan fingerprint density at radius 2 is 1.67 bits per heavy atom. The van der Waals surface area contributed by atoms with E-state index in [0.29, 0.717) is 22.6 Å². The van der Waals surface area contributed by atoms with E-state index in [1.807, 2.05) is 29.2 Å². The van der Waals surface area contributed by atoms with Crippen LogP contribution < -0.4 is 4.74 Å². The second-order valence-electron chi connectivity index (χ2n) is 7.28. The van der Waals surface area contributed by atoms with E-state index in [-0.39, 0.29) is 5.92 Å². The van der Waals surface area contributed by atoms with Crippen molar-refractivity contribution in [3.63, 3.8) is 0 Å². The van der Waals surface area contributed by atoms with Crippen molar-refractivity contribution < 1.29 is 9.53 Å². The van der Waals surface area contributed by atoms with Crippen molar-refractivity contribution in [3.05, 3.63) is 63.6 Å². The second-order valence-corrected chi connectivity index (χ2v) is 8.15. The fraction of sp³-hybridized carbons (Fsp3) is 0.381. The number of amides is 1. The van der Waals surface area contributed by atoms with Gasteiger partial charge in [0.15, 0.2) is 0 Å². The number of carbonyl (C=O) groups excluding carboxylic acids is 1. The first-order valence-corrected chi connectivity index (χ1v) is 10.0. The van der Waals surface area contributed by atoms with Crippen molar-refractivity contribution in [3.8, 4) is 5.75 Å². The lowest BCUT2D eigenvalue weighted by Crippen LogP contribution is -2.56. The minimum atomic E-state index is 0.192. The monoisotopic (exact) mass is 404 g/mol. The Labute approximate surface area is 169 Å². The first kappa shape index (κ1) is 18.6. The smallest absolute Gasteiger partial charge is 0.228 e. The van der Waals surface area contributed by atoms with Crippen LogP contribution in [0.2, 0.25) is 10.0 Å². The van der Waals surface area contributed by atoms with Gasteiger partial charge in [-0.05, 0) is 47.9 Å². The molecule has 0 N–H and O–H groups in total. The molecule has 2 fully saturated rings. The highest BCUT2D eigenvalue weighted by molar-refractivity contribution is 6.34. The van der Waals surface area contributed by atoms with E-state index in [1.165, 1.54) is 5.56 Å². The highest BCUT2D eigenvalue weighted by atomic mass is 35.5. The van der Waals surface area contributed by atoms with Crippen LogP contribution in [0.25, 0.3) is 0 Å². The van der Waals surface area contributed by atoms with Crippen LogP contribution in [0.5, 0.6) is 5.75 Å². The summed E-state index contributed by atoms with van der Waals surface area (Å²) in [6, 6.07) is 13.5. The molecule has 4 rings (SSSR count). The third-order valence-electron chi connectivity index (χ3n) is 5.13. The number of likely N-dealkylation sites (tertiary alicyclic amines) is 2. The molecule has 27 heavy (non-hydrogen) atoms. The van der Waals surface area contributed by atoms with Crippen LogP contribution >= 0.6 is 23.2 Å². The van der Waals surface area contributed by atoms with Gasteiger partial charge in [0, 0.05) is 42.8 Å². The predicted octanol–water partition coefficient (Wildman–Crippen LogP) is 4.24. The molecule has 2 saturated heterocycles. The van der Waals surface area contributed by atoms with Crippen molar-refractivity contribution in [2.45, 2.75) is 19.6 Å². The molecule has 0 unspecified atom stereocenters. The minimum absolute atomic E-state index is 0.192. The summed E-state index contributed by atoms with van der Waals surface area (Å²) in [5.74, 6) is 1.34. The molecule has 0 aliphatic carbocycles. The van der Waals surface area contributed by atoms with Crippen LogP contribution in [0.15, 0.2) is 42.5 Å². The van der Waals surface area contributed by atoms with Gasteiger partial charge in [0.1, 0.15) is 12.4 Å². The third-order valence-corrected chi connectivity index (χ3v) is 5.57. The molecule has 2 aliphatic rings. The Morgan fingerprint density at radius 1 is 1.00 bits per heavy atom. The molecule has 0 radical (unpaired) electrons. The zero-order valence-corrected chi connectivity index (χ0v) is 16.5. The van der Waals surface area contributed by atoms with Crippen molar-refractivity contribution in [1.82, 2.24) is 9.80 Å². The van der Waals surface area contributed by atoms with Crippen molar-refractivity contribution in [2.24, 2.45) is 5.92 Å². The quantitative estimate of drug-likeness (QED) is 0.721. The molecule has 2 aromatic rings. The lowest BCUT2D eigenvalue weighted by molar-refractivity contribution is -0.144. The van der Waals surface area contributed by atoms with E-state index in [2.05, 4.69) is 17.0 Å². The Kier molecular flexibility index (Phi) is 5.58. The van der Waals surface area contributed by atoms with Gasteiger partial charge in [-0.1, -0.05) is 35.3 Å². The van der Waals surface area contributed by atoms with Gasteiger partial charge < -0.3 is 9.64 Å². The number of benzene rings is 2. The maximum Gasteiger partial charge on any atom is 0.228 e. The van der Waals surface area contributed by atoms with Gasteiger partial charge >= 0.3 is 0 Å². The summed E-state index contributed by atoms with van der Waals surface area (Å²) in [7, 11) is 0. The van der Waals surface area contributed by atoms with E-state index in [0.717, 1.165) is 50.5 Å². The number of carbonyl (C=O) groups is 1. The normalized spacial score (nSPS) is 17.3. The Bertz CT molecular complexity index is 795. The SMILES string of the molecule is O=C(C1CN(Cc2ccc(OCc3cc(Cl)cc(Cl)c3)cc2)C1)N1CCC1. The number of hydrogen-bond donors (Lipinski definition) is 0. The molecule has 4 nitrogen and oxygen atoms in total. The summed E-state index contributed by atoms with van der Waals surface area (Å²) in [5, 5.41) is 1.22. The summed E-state index contributed by atoms with van der Waals surface area (Å²) >= 11 is 12.0. The van der Waals surface area contributed by atoms with E-state index in [1.54, 1.807) is 6.07 Å². The number of halogens is 2. The Morgan fingerprint density at radius 3 is 2.26 bits per heavy atom. The molecule has 6 heteroatoms. The number of hydrogen-bond acceptors (Lipinski definition) is 3. The third kappa shape index (κ3) is 4.57. The van der Waals surface area contributed by atoms with Crippen molar-refractivity contribution in [1.29, 1.82) is 0 Å². The molecular weight excluding hydrogens is 383 g/mol. The topological polar surface area (TPSA) is 32.8 Å². The molecule has 1 amide bonds. The van der Waals surface area contributed by atoms with Crippen molar-refractivity contribution in [2.75, 3.05) is 26.2 Å². The van der Waals surface area contributed by atoms with E-state index in [9.17, 15) is 4.79 Å². The molecule has 0 saturated carbocycles. The van der Waals surface area contributed by atoms with Crippen LogP contribution in [0.3, 0.4) is 0 Å². The summed E-state index contributed by atoms with van der Waals surface area (Å²) in [6.07, 6.45) is 1.15. The number of ether oxygens (including phenoxy) is 1. The van der Waals surface area contributed by atoms with Gasteiger partial charge in [0.25, 0.3) is 0 Å². The lowest BCUT2D eigenvalue weighted by Gasteiger charge is -2.43. The Balaban J connectivity index is 1.24. The van der Waals surface area contributed by atoms with Gasteiger partial charge in [-0.15, -0.1) is 0 Å². The highest BCUT2D eigenvalue weighted by Crippen LogP contribution is 2.24. The van der Waals surface area contributed by atoms with Crippen LogP contribution in [0.4, 0.5) is 0 Å². The number of nitrogens with zero attached hydrogens (tertiary/aromatic N) is 2. The molecule has 2 heterocycles. The average Bonchev–Trinajstić information content (AvgIpc) is 2.54. The number of rotatable bonds is 6. The summed E-state index contributed by atoms with van der Waals surface area (Å²) < 4.78 is 5.81. The standard InChI is InChI=1S/C21H22Cl2N2O2/c22-18-8-16(9-19(23)10-18)14-27-20-4-2-15(3-5-20)11-24-12-17(13-24)21(26)25-6-1-7-25/h2-5,8-10,17H,1,6-7,11-14H2. The van der Waals surface area contributed by atoms with Crippen LogP contribution in [-0.2, 0) is 17.9 Å². The lowest BCUT2D eigenvalue weighted by atomic mass is 9.96. The van der Waals surface area contributed by atoms with Crippen LogP contribution in [-0.4, -0.2) is 41.9 Å². The van der Waals surface area contributed by atoms with Crippen molar-refractivity contribution >= 4 is 29.1 Å². The van der Waals surface area contributed by atoms with Gasteiger partial charge in [0.05, 0.1) is 5.92 Å². The van der Waals surface area contributed by atoms with Crippen LogP contribution in [0, 0.1) is 5.92 Å². The molecule has 0 bridgehead atoms. The fourth-order valence-corrected chi connectivity index (χ4v) is 4.03. The fourth-order valence-electron chi connectivity index (χ4n) is 3.46. The van der Waals surface area contributed by atoms with E-state index >= 15 is 0 Å². The summed E-state index contributed by atoms with van der Waals surface area (Å²) in [4.78, 5) is 16.4. The molecule has 142 valence electrons. The van der Waals surface area contributed by atoms with Gasteiger partial charge in [-0.2, -0.15) is 0 Å². The van der Waals surface area contributed by atoms with Gasteiger partial charge in [0.2, 0.25) is 5.91 Å². The second kappa shape index (κ2) is 8.09. The summed E-state index contributed by atoms with van der Waals surface area (Å²) in [6.45, 7) is 4.91. The van der Waals surface area contributed by atoms with Crippen LogP contribution in [0.1, 0.15) is 17.5 Å². The van der Waals surface area contributed by atoms with Gasteiger partial charge in [-0.25, -0.2) is 0 Å². The minimum Gasteiger partial charge on any atom is -0.489 e. The largest absolute Gasteiger partial charge is 0.489 e. The Hall–Kier alpha value is -1.75. The highest BCUT2D eigenvalue weighted by Gasteiger charge is 2.36. The molecular formula is C21H22Cl2N2O2. The van der Waals surface area contributed by atoms with Gasteiger partial charge in [-0.3, -0.25) is 9.69 Å². The zero-order valence-electron chi connectivity index (χ0n) is 15.0. The first-order chi connectivity index (χ1) is 13.1. The maximum absolute atomic E-state index is 12.1.